The van der Waals surface area contributed by atoms with Crippen LogP contribution < -0.4 is 15.4 Å². The molecule has 2 aromatic rings. The molecule has 9 nitrogen and oxygen atoms in total. The summed E-state index contributed by atoms with van der Waals surface area (Å²) in [5, 5.41) is 6.47. The van der Waals surface area contributed by atoms with Gasteiger partial charge in [0.2, 0.25) is 11.8 Å². The summed E-state index contributed by atoms with van der Waals surface area (Å²) in [6.45, 7) is 1.45. The van der Waals surface area contributed by atoms with Crippen LogP contribution in [0.25, 0.3) is 0 Å². The lowest BCUT2D eigenvalue weighted by Crippen LogP contribution is -2.31. The molecule has 2 N–H and O–H groups in total. The van der Waals surface area contributed by atoms with Crippen LogP contribution in [0.3, 0.4) is 0 Å². The van der Waals surface area contributed by atoms with E-state index in [0.29, 0.717) is 59.8 Å². The number of amides is 2. The molecule has 10 heteroatoms. The molecule has 0 radical (unpaired) electrons. The van der Waals surface area contributed by atoms with Crippen molar-refractivity contribution >= 4 is 47.0 Å². The Morgan fingerprint density at radius 3 is 2.90 bits per heavy atom. The number of ether oxygens (including phenoxy) is 1. The Hall–Kier alpha value is -3.20. The van der Waals surface area contributed by atoms with Crippen molar-refractivity contribution in [2.75, 3.05) is 37.4 Å². The number of hydrogen-bond donors (Lipinski definition) is 2. The minimum Gasteiger partial charge on any atom is -0.492 e. The number of fused-ring (bicyclic) bond motifs is 2. The van der Waals surface area contributed by atoms with Gasteiger partial charge in [-0.3, -0.25) is 14.6 Å². The van der Waals surface area contributed by atoms with Crippen molar-refractivity contribution in [1.82, 2.24) is 14.9 Å². The van der Waals surface area contributed by atoms with Gasteiger partial charge >= 0.3 is 0 Å². The van der Waals surface area contributed by atoms with E-state index in [1.54, 1.807) is 36.4 Å². The summed E-state index contributed by atoms with van der Waals surface area (Å²) in [4.78, 5) is 39.5. The fourth-order valence-electron chi connectivity index (χ4n) is 3.46. The molecule has 0 spiro atoms. The fourth-order valence-corrected chi connectivity index (χ4v) is 3.63. The quantitative estimate of drug-likeness (QED) is 0.649. The van der Waals surface area contributed by atoms with Crippen LogP contribution in [0, 0.1) is 0 Å². The van der Waals surface area contributed by atoms with Gasteiger partial charge in [-0.1, -0.05) is 11.6 Å². The van der Waals surface area contributed by atoms with Crippen LogP contribution in [0.1, 0.15) is 30.7 Å². The van der Waals surface area contributed by atoms with Crippen LogP contribution >= 0.6 is 11.6 Å². The number of aromatic nitrogens is 2. The van der Waals surface area contributed by atoms with E-state index in [4.69, 9.17) is 16.3 Å². The molecule has 162 valence electrons. The predicted molar refractivity (Wildman–Crippen MR) is 118 cm³/mol. The molecule has 0 saturated carbocycles. The van der Waals surface area contributed by atoms with Gasteiger partial charge in [0.15, 0.2) is 0 Å². The number of aliphatic imine (C=N–C) groups is 1. The van der Waals surface area contributed by atoms with Gasteiger partial charge in [0.25, 0.3) is 0 Å². The van der Waals surface area contributed by atoms with Gasteiger partial charge in [-0.15, -0.1) is 0 Å². The van der Waals surface area contributed by atoms with Crippen LogP contribution in [-0.4, -0.2) is 59.6 Å². The second kappa shape index (κ2) is 9.30. The number of likely N-dealkylation sites (N-methyl/N-ethyl adjacent to an activating group) is 1. The monoisotopic (exact) mass is 442 g/mol. The molecule has 1 aromatic carbocycles. The van der Waals surface area contributed by atoms with Crippen molar-refractivity contribution in [3.63, 3.8) is 0 Å². The van der Waals surface area contributed by atoms with E-state index in [1.807, 2.05) is 0 Å². The van der Waals surface area contributed by atoms with Crippen LogP contribution in [0.2, 0.25) is 5.02 Å². The number of nitrogens with zero attached hydrogens (tertiary/aromatic N) is 4. The zero-order chi connectivity index (χ0) is 21.8. The number of carbonyl (C=O) groups is 2. The number of anilines is 2. The first-order chi connectivity index (χ1) is 15.0. The number of benzene rings is 1. The molecule has 0 saturated heterocycles. The average Bonchev–Trinajstić information content (AvgIpc) is 3.08. The molecule has 1 unspecified atom stereocenters. The molecule has 31 heavy (non-hydrogen) atoms. The van der Waals surface area contributed by atoms with Gasteiger partial charge in [-0.25, -0.2) is 9.97 Å². The molecule has 1 atom stereocenters. The maximum Gasteiger partial charge on any atom is 0.238 e. The molecule has 4 rings (SSSR count). The molecule has 2 bridgehead atoms. The van der Waals surface area contributed by atoms with E-state index in [1.165, 1.54) is 6.33 Å². The number of hydrogen-bond acceptors (Lipinski definition) is 7. The first-order valence-electron chi connectivity index (χ1n) is 10.1. The number of nitrogens with one attached hydrogen (secondary N) is 2. The molecule has 1 aromatic heterocycles. The van der Waals surface area contributed by atoms with Crippen LogP contribution in [0.5, 0.6) is 5.75 Å². The first-order valence-corrected chi connectivity index (χ1v) is 10.5. The Labute approximate surface area is 184 Å². The van der Waals surface area contributed by atoms with E-state index >= 15 is 0 Å². The zero-order valence-corrected chi connectivity index (χ0v) is 17.9. The average molecular weight is 443 g/mol. The van der Waals surface area contributed by atoms with Gasteiger partial charge in [-0.2, -0.15) is 0 Å². The molecule has 2 aliphatic heterocycles. The summed E-state index contributed by atoms with van der Waals surface area (Å²) in [5.74, 6) is 0.715. The zero-order valence-electron chi connectivity index (χ0n) is 17.1. The normalized spacial score (nSPS) is 19.5. The van der Waals surface area contributed by atoms with Crippen molar-refractivity contribution in [1.29, 1.82) is 0 Å². The molecule has 2 amide bonds. The molecule has 3 heterocycles. The lowest BCUT2D eigenvalue weighted by molar-refractivity contribution is -0.129. The highest BCUT2D eigenvalue weighted by atomic mass is 35.5. The number of halogens is 1. The Morgan fingerprint density at radius 1 is 1.19 bits per heavy atom. The molecule has 0 fully saturated rings. The molecular formula is C21H23ClN6O3. The van der Waals surface area contributed by atoms with Gasteiger partial charge in [0.1, 0.15) is 29.6 Å². The lowest BCUT2D eigenvalue weighted by Gasteiger charge is -2.18. The second-order valence-corrected chi connectivity index (χ2v) is 7.80. The van der Waals surface area contributed by atoms with Crippen molar-refractivity contribution < 1.29 is 14.3 Å². The van der Waals surface area contributed by atoms with Crippen molar-refractivity contribution in [2.45, 2.75) is 25.2 Å². The lowest BCUT2D eigenvalue weighted by atomic mass is 10.0. The second-order valence-electron chi connectivity index (χ2n) is 7.39. The van der Waals surface area contributed by atoms with Gasteiger partial charge < -0.3 is 20.3 Å². The summed E-state index contributed by atoms with van der Waals surface area (Å²) >= 11 is 6.24. The van der Waals surface area contributed by atoms with Crippen molar-refractivity contribution in [3.05, 3.63) is 35.1 Å². The molecular weight excluding hydrogens is 420 g/mol. The highest BCUT2D eigenvalue weighted by Gasteiger charge is 2.33. The third kappa shape index (κ3) is 4.77. The topological polar surface area (TPSA) is 109 Å². The third-order valence-electron chi connectivity index (χ3n) is 5.21. The van der Waals surface area contributed by atoms with E-state index in [9.17, 15) is 9.59 Å². The summed E-state index contributed by atoms with van der Waals surface area (Å²) in [6, 6.07) is 5.20. The predicted octanol–water partition coefficient (Wildman–Crippen LogP) is 3.00. The fraction of sp³-hybridized carbons (Fsp3) is 0.381. The number of carbonyl (C=O) groups excluding carboxylic acids is 2. The third-order valence-corrected chi connectivity index (χ3v) is 5.53. The highest BCUT2D eigenvalue weighted by Crippen LogP contribution is 2.35. The van der Waals surface area contributed by atoms with Gasteiger partial charge in [-0.05, 0) is 25.0 Å². The van der Waals surface area contributed by atoms with Crippen molar-refractivity contribution in [2.24, 2.45) is 4.99 Å². The molecule has 2 aliphatic rings. The van der Waals surface area contributed by atoms with E-state index in [0.717, 1.165) is 12.8 Å². The van der Waals surface area contributed by atoms with Crippen molar-refractivity contribution in [3.8, 4) is 5.75 Å². The van der Waals surface area contributed by atoms with E-state index in [2.05, 4.69) is 25.6 Å². The van der Waals surface area contributed by atoms with Crippen LogP contribution in [-0.2, 0) is 9.59 Å². The smallest absolute Gasteiger partial charge is 0.238 e. The summed E-state index contributed by atoms with van der Waals surface area (Å²) in [6.07, 6.45) is 4.87. The Balaban J connectivity index is 1.66. The van der Waals surface area contributed by atoms with E-state index < -0.39 is 5.92 Å². The summed E-state index contributed by atoms with van der Waals surface area (Å²) in [7, 11) is 1.77. The minimum absolute atomic E-state index is 0.0673. The van der Waals surface area contributed by atoms with Gasteiger partial charge in [0.05, 0.1) is 22.9 Å². The first kappa shape index (κ1) is 21.0. The van der Waals surface area contributed by atoms with Gasteiger partial charge in [0, 0.05) is 38.8 Å². The van der Waals surface area contributed by atoms with Crippen LogP contribution in [0.4, 0.5) is 17.3 Å². The van der Waals surface area contributed by atoms with Crippen LogP contribution in [0.15, 0.2) is 29.5 Å². The minimum atomic E-state index is -0.642. The summed E-state index contributed by atoms with van der Waals surface area (Å²) in [5.41, 5.74) is 1.25. The largest absolute Gasteiger partial charge is 0.492 e. The molecule has 0 aliphatic carbocycles. The standard InChI is InChI=1S/C21H23ClN6O3/c1-28-8-7-23-19-18-14(21(30)27-20(18)26-12-25-19)11-24-13-5-6-15(22)16(10-13)31-9-3-2-4-17(28)29/h5-6,10-12,14H,2-4,7-9H2,1H3,(H2,23,25,26,27,30). The maximum absolute atomic E-state index is 12.5. The Bertz CT molecular complexity index is 1030. The highest BCUT2D eigenvalue weighted by molar-refractivity contribution is 6.32. The Kier molecular flexibility index (Phi) is 6.31. The maximum atomic E-state index is 12.5. The Morgan fingerprint density at radius 2 is 2.03 bits per heavy atom. The van der Waals surface area contributed by atoms with E-state index in [-0.39, 0.29) is 11.8 Å². The number of rotatable bonds is 0. The summed E-state index contributed by atoms with van der Waals surface area (Å²) < 4.78 is 5.79. The SMILES string of the molecule is CN1CCNc2ncnc3c2C(C=Nc2ccc(Cl)c(c2)OCCCCC1=O)C(=O)N3.